The molecule has 4 saturated carbocycles. The lowest BCUT2D eigenvalue weighted by Crippen LogP contribution is -2.71. The van der Waals surface area contributed by atoms with Gasteiger partial charge in [0.25, 0.3) is 0 Å². The molecule has 25 heavy (non-hydrogen) atoms. The molecule has 6 aliphatic rings. The molecule has 0 amide bonds. The van der Waals surface area contributed by atoms with Gasteiger partial charge in [-0.3, -0.25) is 4.90 Å². The Labute approximate surface area is 151 Å². The van der Waals surface area contributed by atoms with Crippen LogP contribution in [0.15, 0.2) is 12.2 Å². The molecule has 6 fully saturated rings. The largest absolute Gasteiger partial charge is 0.388 e. The lowest BCUT2D eigenvalue weighted by atomic mass is 9.38. The SMILES string of the molecule is C=C1[C@@H]2CC[C@@H]3[C@@](CC[C@@H]4[C@]5(C)CCC[C@]43[C@@H]3OCCN3C5)(C2)[C@H]1O. The fraction of sp³-hybridized carbons (Fsp3) is 0.909. The van der Waals surface area contributed by atoms with Gasteiger partial charge in [0, 0.05) is 23.9 Å². The monoisotopic (exact) mass is 343 g/mol. The summed E-state index contributed by atoms with van der Waals surface area (Å²) in [6.45, 7) is 10.2. The maximum atomic E-state index is 11.3. The summed E-state index contributed by atoms with van der Waals surface area (Å²) in [7, 11) is 0. The highest BCUT2D eigenvalue weighted by Gasteiger charge is 2.73. The zero-order chi connectivity index (χ0) is 17.0. The van der Waals surface area contributed by atoms with Crippen molar-refractivity contribution in [3.05, 3.63) is 12.2 Å². The molecular formula is C22H33NO2. The van der Waals surface area contributed by atoms with Crippen LogP contribution in [0.2, 0.25) is 0 Å². The predicted molar refractivity (Wildman–Crippen MR) is 96.8 cm³/mol. The summed E-state index contributed by atoms with van der Waals surface area (Å²) >= 11 is 0. The zero-order valence-electron chi connectivity index (χ0n) is 15.7. The molecule has 6 rings (SSSR count). The van der Waals surface area contributed by atoms with Crippen molar-refractivity contribution in [3.8, 4) is 0 Å². The van der Waals surface area contributed by atoms with E-state index in [1.54, 1.807) is 0 Å². The van der Waals surface area contributed by atoms with Crippen LogP contribution in [0.4, 0.5) is 0 Å². The highest BCUT2D eigenvalue weighted by Crippen LogP contribution is 2.75. The number of fused-ring (bicyclic) bond motifs is 2. The summed E-state index contributed by atoms with van der Waals surface area (Å²) < 4.78 is 6.48. The first kappa shape index (κ1) is 15.7. The van der Waals surface area contributed by atoms with Crippen molar-refractivity contribution in [1.82, 2.24) is 4.90 Å². The molecule has 8 atom stereocenters. The second-order valence-corrected chi connectivity index (χ2v) is 10.6. The number of aliphatic hydroxyl groups is 1. The number of hydrogen-bond acceptors (Lipinski definition) is 3. The van der Waals surface area contributed by atoms with Gasteiger partial charge in [0.2, 0.25) is 0 Å². The molecule has 0 radical (unpaired) electrons. The average Bonchev–Trinajstić information content (AvgIpc) is 3.12. The lowest BCUT2D eigenvalue weighted by molar-refractivity contribution is -0.276. The van der Waals surface area contributed by atoms with Crippen LogP contribution in [-0.2, 0) is 4.74 Å². The molecule has 2 saturated heterocycles. The second-order valence-electron chi connectivity index (χ2n) is 10.6. The van der Waals surface area contributed by atoms with Gasteiger partial charge in [-0.15, -0.1) is 0 Å². The number of rotatable bonds is 0. The molecule has 2 aliphatic heterocycles. The van der Waals surface area contributed by atoms with E-state index < -0.39 is 0 Å². The molecule has 0 aromatic heterocycles. The van der Waals surface area contributed by atoms with Gasteiger partial charge in [0.15, 0.2) is 0 Å². The number of aliphatic hydroxyl groups excluding tert-OH is 1. The highest BCUT2D eigenvalue weighted by atomic mass is 16.5. The molecule has 3 nitrogen and oxygen atoms in total. The topological polar surface area (TPSA) is 32.7 Å². The molecule has 138 valence electrons. The van der Waals surface area contributed by atoms with Crippen LogP contribution in [-0.4, -0.2) is 42.0 Å². The molecule has 3 heteroatoms. The van der Waals surface area contributed by atoms with Gasteiger partial charge < -0.3 is 9.84 Å². The Balaban J connectivity index is 1.53. The van der Waals surface area contributed by atoms with Crippen LogP contribution in [0.1, 0.15) is 58.3 Å². The van der Waals surface area contributed by atoms with Crippen molar-refractivity contribution in [2.45, 2.75) is 70.6 Å². The Hall–Kier alpha value is -0.380. The molecule has 1 N–H and O–H groups in total. The highest BCUT2D eigenvalue weighted by molar-refractivity contribution is 5.29. The van der Waals surface area contributed by atoms with E-state index in [2.05, 4.69) is 18.4 Å². The van der Waals surface area contributed by atoms with Crippen molar-refractivity contribution in [2.75, 3.05) is 19.7 Å². The predicted octanol–water partition coefficient (Wildman–Crippen LogP) is 3.58. The maximum Gasteiger partial charge on any atom is 0.117 e. The van der Waals surface area contributed by atoms with Crippen LogP contribution in [0.3, 0.4) is 0 Å². The molecule has 2 heterocycles. The van der Waals surface area contributed by atoms with Crippen LogP contribution in [0.5, 0.6) is 0 Å². The zero-order valence-corrected chi connectivity index (χ0v) is 15.7. The minimum absolute atomic E-state index is 0.115. The Kier molecular flexibility index (Phi) is 2.95. The first-order valence-corrected chi connectivity index (χ1v) is 10.7. The first-order chi connectivity index (χ1) is 12.0. The van der Waals surface area contributed by atoms with Gasteiger partial charge in [-0.2, -0.15) is 0 Å². The number of piperidine rings is 1. The van der Waals surface area contributed by atoms with E-state index in [0.29, 0.717) is 23.5 Å². The first-order valence-electron chi connectivity index (χ1n) is 10.7. The third kappa shape index (κ3) is 1.62. The fourth-order valence-electron chi connectivity index (χ4n) is 9.31. The average molecular weight is 344 g/mol. The van der Waals surface area contributed by atoms with E-state index >= 15 is 0 Å². The van der Waals surface area contributed by atoms with Crippen molar-refractivity contribution in [3.63, 3.8) is 0 Å². The second kappa shape index (κ2) is 4.72. The van der Waals surface area contributed by atoms with Crippen LogP contribution >= 0.6 is 0 Å². The number of nitrogens with zero attached hydrogens (tertiary/aromatic N) is 1. The summed E-state index contributed by atoms with van der Waals surface area (Å²) in [6.07, 6.45) is 10.4. The minimum atomic E-state index is -0.259. The van der Waals surface area contributed by atoms with Gasteiger partial charge in [-0.05, 0) is 73.7 Å². The summed E-state index contributed by atoms with van der Waals surface area (Å²) in [5, 5.41) is 11.3. The molecule has 0 unspecified atom stereocenters. The molecular weight excluding hydrogens is 310 g/mol. The Bertz CT molecular complexity index is 634. The third-order valence-electron chi connectivity index (χ3n) is 9.95. The van der Waals surface area contributed by atoms with Crippen LogP contribution < -0.4 is 0 Å². The summed E-state index contributed by atoms with van der Waals surface area (Å²) in [4.78, 5) is 2.69. The van der Waals surface area contributed by atoms with Crippen molar-refractivity contribution < 1.29 is 9.84 Å². The Morgan fingerprint density at radius 3 is 2.92 bits per heavy atom. The van der Waals surface area contributed by atoms with E-state index in [1.807, 2.05) is 0 Å². The summed E-state index contributed by atoms with van der Waals surface area (Å²) in [5.41, 5.74) is 2.03. The molecule has 4 aliphatic carbocycles. The van der Waals surface area contributed by atoms with Gasteiger partial charge in [-0.25, -0.2) is 0 Å². The Morgan fingerprint density at radius 1 is 1.16 bits per heavy atom. The van der Waals surface area contributed by atoms with Gasteiger partial charge >= 0.3 is 0 Å². The Morgan fingerprint density at radius 2 is 2.04 bits per heavy atom. The fourth-order valence-corrected chi connectivity index (χ4v) is 9.31. The van der Waals surface area contributed by atoms with E-state index in [0.717, 1.165) is 24.6 Å². The molecule has 0 aromatic rings. The van der Waals surface area contributed by atoms with Gasteiger partial charge in [0.05, 0.1) is 12.7 Å². The summed E-state index contributed by atoms with van der Waals surface area (Å²) in [5.74, 6) is 2.01. The third-order valence-corrected chi connectivity index (χ3v) is 9.95. The van der Waals surface area contributed by atoms with Crippen molar-refractivity contribution in [2.24, 2.45) is 34.0 Å². The van der Waals surface area contributed by atoms with Crippen LogP contribution in [0.25, 0.3) is 0 Å². The van der Waals surface area contributed by atoms with E-state index in [1.165, 1.54) is 57.9 Å². The quantitative estimate of drug-likeness (QED) is 0.683. The molecule has 1 spiro atoms. The van der Waals surface area contributed by atoms with Gasteiger partial charge in [0.1, 0.15) is 6.23 Å². The molecule has 4 bridgehead atoms. The number of ether oxygens (including phenoxy) is 1. The lowest BCUT2D eigenvalue weighted by Gasteiger charge is -2.70. The van der Waals surface area contributed by atoms with Crippen molar-refractivity contribution >= 4 is 0 Å². The van der Waals surface area contributed by atoms with Crippen molar-refractivity contribution in [1.29, 1.82) is 0 Å². The summed E-state index contributed by atoms with van der Waals surface area (Å²) in [6, 6.07) is 0. The minimum Gasteiger partial charge on any atom is -0.388 e. The van der Waals surface area contributed by atoms with E-state index in [4.69, 9.17) is 4.74 Å². The number of hydrogen-bond donors (Lipinski definition) is 1. The van der Waals surface area contributed by atoms with Crippen LogP contribution in [0, 0.1) is 34.0 Å². The molecule has 0 aromatic carbocycles. The normalized spacial score (nSPS) is 60.1. The standard InChI is InChI=1S/C22H33NO2/c1-14-15-4-5-17-21(12-15,18(14)24)9-6-16-20(2)7-3-8-22(16,17)19-23(13-20)10-11-25-19/h15-19,24H,1,3-13H2,2H3/t15-,16-,17-,18+,19+,20-,21-,22+/m1/s1. The van der Waals surface area contributed by atoms with E-state index in [-0.39, 0.29) is 16.9 Å². The van der Waals surface area contributed by atoms with Gasteiger partial charge in [-0.1, -0.05) is 19.9 Å². The smallest absolute Gasteiger partial charge is 0.117 e. The van der Waals surface area contributed by atoms with E-state index in [9.17, 15) is 5.11 Å². The maximum absolute atomic E-state index is 11.3.